The summed E-state index contributed by atoms with van der Waals surface area (Å²) in [6.07, 6.45) is 7.13. The van der Waals surface area contributed by atoms with Gasteiger partial charge in [-0.25, -0.2) is 0 Å². The van der Waals surface area contributed by atoms with Crippen LogP contribution in [-0.2, 0) is 0 Å². The van der Waals surface area contributed by atoms with E-state index >= 15 is 0 Å². The maximum absolute atomic E-state index is 5.40. The number of aromatic nitrogens is 2. The number of hydrogen-bond donors (Lipinski definition) is 0. The summed E-state index contributed by atoms with van der Waals surface area (Å²) in [6.45, 7) is 3.97. The van der Waals surface area contributed by atoms with Crippen LogP contribution in [-0.4, -0.2) is 16.1 Å². The molecule has 0 saturated carbocycles. The van der Waals surface area contributed by atoms with Gasteiger partial charge in [-0.2, -0.15) is 0 Å². The average Bonchev–Trinajstić information content (AvgIpc) is 2.31. The highest BCUT2D eigenvalue weighted by molar-refractivity contribution is 9.10. The highest BCUT2D eigenvalue weighted by Gasteiger charge is 1.97. The monoisotopic (exact) mass is 294 g/mol. The number of nitrogens with zero attached hydrogens (tertiary/aromatic N) is 2. The Balaban J connectivity index is 0.000000202. The van der Waals surface area contributed by atoms with Crippen molar-refractivity contribution < 1.29 is 4.74 Å². The van der Waals surface area contributed by atoms with Gasteiger partial charge in [0, 0.05) is 23.1 Å². The maximum Gasteiger partial charge on any atom is 0.139 e. The summed E-state index contributed by atoms with van der Waals surface area (Å²) in [5, 5.41) is 0. The van der Waals surface area contributed by atoms with Crippen molar-refractivity contribution in [1.82, 2.24) is 9.97 Å². The van der Waals surface area contributed by atoms with Crippen molar-refractivity contribution in [2.75, 3.05) is 0 Å². The van der Waals surface area contributed by atoms with Gasteiger partial charge in [-0.15, -0.1) is 0 Å². The SMILES string of the molecule is CC(C)Oc1cncc(Br)c1.c1ccncc1. The summed E-state index contributed by atoms with van der Waals surface area (Å²) < 4.78 is 6.34. The van der Waals surface area contributed by atoms with Crippen molar-refractivity contribution in [2.45, 2.75) is 20.0 Å². The Morgan fingerprint density at radius 1 is 1.06 bits per heavy atom. The lowest BCUT2D eigenvalue weighted by molar-refractivity contribution is 0.241. The third-order valence-electron chi connectivity index (χ3n) is 1.62. The smallest absolute Gasteiger partial charge is 0.139 e. The molecule has 2 aromatic heterocycles. The fourth-order valence-corrected chi connectivity index (χ4v) is 1.39. The molecule has 2 heterocycles. The first kappa shape index (κ1) is 13.6. The Hall–Kier alpha value is -1.42. The molecule has 2 rings (SSSR count). The van der Waals surface area contributed by atoms with Gasteiger partial charge >= 0.3 is 0 Å². The molecular weight excluding hydrogens is 280 g/mol. The second-order valence-corrected chi connectivity index (χ2v) is 4.45. The molecule has 0 spiro atoms. The third-order valence-corrected chi connectivity index (χ3v) is 2.05. The van der Waals surface area contributed by atoms with Gasteiger partial charge in [0.15, 0.2) is 0 Å². The van der Waals surface area contributed by atoms with Crippen molar-refractivity contribution >= 4 is 15.9 Å². The van der Waals surface area contributed by atoms with Crippen LogP contribution in [0.1, 0.15) is 13.8 Å². The zero-order valence-corrected chi connectivity index (χ0v) is 11.5. The molecule has 0 radical (unpaired) electrons. The highest BCUT2D eigenvalue weighted by atomic mass is 79.9. The average molecular weight is 295 g/mol. The molecule has 0 aliphatic rings. The van der Waals surface area contributed by atoms with Crippen molar-refractivity contribution in [3.05, 3.63) is 53.5 Å². The molecule has 3 nitrogen and oxygen atoms in total. The zero-order chi connectivity index (χ0) is 12.5. The Morgan fingerprint density at radius 2 is 1.76 bits per heavy atom. The van der Waals surface area contributed by atoms with Gasteiger partial charge in [-0.3, -0.25) is 9.97 Å². The highest BCUT2D eigenvalue weighted by Crippen LogP contribution is 2.16. The number of pyridine rings is 2. The van der Waals surface area contributed by atoms with Crippen molar-refractivity contribution in [3.63, 3.8) is 0 Å². The Kier molecular flexibility index (Phi) is 6.25. The van der Waals surface area contributed by atoms with Crippen LogP contribution in [0.3, 0.4) is 0 Å². The minimum absolute atomic E-state index is 0.200. The first-order valence-electron chi connectivity index (χ1n) is 5.30. The molecule has 2 aromatic rings. The number of rotatable bonds is 2. The lowest BCUT2D eigenvalue weighted by Crippen LogP contribution is -2.05. The number of hydrogen-bond acceptors (Lipinski definition) is 3. The zero-order valence-electron chi connectivity index (χ0n) is 9.88. The molecule has 0 amide bonds. The quantitative estimate of drug-likeness (QED) is 0.847. The van der Waals surface area contributed by atoms with Crippen LogP contribution in [0.25, 0.3) is 0 Å². The van der Waals surface area contributed by atoms with E-state index in [-0.39, 0.29) is 6.10 Å². The number of ether oxygens (including phenoxy) is 1. The summed E-state index contributed by atoms with van der Waals surface area (Å²) in [6, 6.07) is 7.61. The molecule has 0 aliphatic heterocycles. The van der Waals surface area contributed by atoms with Gasteiger partial charge in [0.1, 0.15) is 5.75 Å². The molecule has 0 aromatic carbocycles. The van der Waals surface area contributed by atoms with E-state index in [1.807, 2.05) is 38.1 Å². The van der Waals surface area contributed by atoms with Crippen LogP contribution in [0.15, 0.2) is 53.5 Å². The van der Waals surface area contributed by atoms with Gasteiger partial charge in [0.05, 0.1) is 12.3 Å². The molecule has 17 heavy (non-hydrogen) atoms. The van der Waals surface area contributed by atoms with Crippen LogP contribution in [0.4, 0.5) is 0 Å². The van der Waals surface area contributed by atoms with Crippen molar-refractivity contribution in [3.8, 4) is 5.75 Å². The summed E-state index contributed by atoms with van der Waals surface area (Å²) in [5.41, 5.74) is 0. The van der Waals surface area contributed by atoms with Crippen LogP contribution >= 0.6 is 15.9 Å². The van der Waals surface area contributed by atoms with Gasteiger partial charge in [0.25, 0.3) is 0 Å². The molecule has 0 aliphatic carbocycles. The third kappa shape index (κ3) is 6.68. The first-order chi connectivity index (χ1) is 8.18. The predicted octanol–water partition coefficient (Wildman–Crippen LogP) is 3.71. The van der Waals surface area contributed by atoms with Crippen LogP contribution < -0.4 is 4.74 Å². The predicted molar refractivity (Wildman–Crippen MR) is 71.9 cm³/mol. The van der Waals surface area contributed by atoms with E-state index < -0.39 is 0 Å². The summed E-state index contributed by atoms with van der Waals surface area (Å²) in [7, 11) is 0. The topological polar surface area (TPSA) is 35.0 Å². The van der Waals surface area contributed by atoms with Crippen LogP contribution in [0.5, 0.6) is 5.75 Å². The molecule has 0 bridgehead atoms. The first-order valence-corrected chi connectivity index (χ1v) is 6.10. The molecule has 90 valence electrons. The normalized spacial score (nSPS) is 9.41. The second-order valence-electron chi connectivity index (χ2n) is 3.53. The molecule has 0 atom stereocenters. The van der Waals surface area contributed by atoms with Gasteiger partial charge in [-0.05, 0) is 48.0 Å². The molecule has 0 fully saturated rings. The Morgan fingerprint density at radius 3 is 2.18 bits per heavy atom. The molecule has 4 heteroatoms. The van der Waals surface area contributed by atoms with E-state index in [0.29, 0.717) is 0 Å². The fourth-order valence-electron chi connectivity index (χ4n) is 1.04. The van der Waals surface area contributed by atoms with E-state index in [2.05, 4.69) is 25.9 Å². The fraction of sp³-hybridized carbons (Fsp3) is 0.231. The van der Waals surface area contributed by atoms with E-state index in [4.69, 9.17) is 4.74 Å². The molecule has 0 saturated heterocycles. The van der Waals surface area contributed by atoms with Gasteiger partial charge in [-0.1, -0.05) is 6.07 Å². The lowest BCUT2D eigenvalue weighted by Gasteiger charge is -2.08. The van der Waals surface area contributed by atoms with E-state index in [1.54, 1.807) is 24.8 Å². The maximum atomic E-state index is 5.40. The van der Waals surface area contributed by atoms with Crippen LogP contribution in [0, 0.1) is 0 Å². The second kappa shape index (κ2) is 7.79. The van der Waals surface area contributed by atoms with E-state index in [9.17, 15) is 0 Å². The summed E-state index contributed by atoms with van der Waals surface area (Å²) in [5.74, 6) is 0.800. The van der Waals surface area contributed by atoms with Crippen molar-refractivity contribution in [2.24, 2.45) is 0 Å². The van der Waals surface area contributed by atoms with Crippen LogP contribution in [0.2, 0.25) is 0 Å². The van der Waals surface area contributed by atoms with Crippen molar-refractivity contribution in [1.29, 1.82) is 0 Å². The molecule has 0 unspecified atom stereocenters. The summed E-state index contributed by atoms with van der Waals surface area (Å²) in [4.78, 5) is 7.75. The molecule has 0 N–H and O–H groups in total. The van der Waals surface area contributed by atoms with E-state index in [0.717, 1.165) is 10.2 Å². The number of halogens is 1. The minimum Gasteiger partial charge on any atom is -0.489 e. The lowest BCUT2D eigenvalue weighted by atomic mass is 10.4. The molecular formula is C13H15BrN2O. The van der Waals surface area contributed by atoms with Gasteiger partial charge < -0.3 is 4.74 Å². The standard InChI is InChI=1S/C8H10BrNO.C5H5N/c1-6(2)11-8-3-7(9)4-10-5-8;1-2-4-6-5-3-1/h3-6H,1-2H3;1-5H. The van der Waals surface area contributed by atoms with E-state index in [1.165, 1.54) is 0 Å². The Labute approximate surface area is 110 Å². The Bertz CT molecular complexity index is 394. The largest absolute Gasteiger partial charge is 0.489 e. The summed E-state index contributed by atoms with van der Waals surface area (Å²) >= 11 is 3.31. The van der Waals surface area contributed by atoms with Gasteiger partial charge in [0.2, 0.25) is 0 Å². The minimum atomic E-state index is 0.200.